The van der Waals surface area contributed by atoms with E-state index in [0.29, 0.717) is 37.8 Å². The van der Waals surface area contributed by atoms with Gasteiger partial charge in [-0.1, -0.05) is 40.9 Å². The van der Waals surface area contributed by atoms with Gasteiger partial charge in [0.1, 0.15) is 11.5 Å². The molecule has 1 aliphatic rings. The van der Waals surface area contributed by atoms with Gasteiger partial charge in [-0.3, -0.25) is 9.59 Å². The third-order valence-corrected chi connectivity index (χ3v) is 5.61. The second kappa shape index (κ2) is 7.68. The average molecular weight is 451 g/mol. The highest BCUT2D eigenvalue weighted by molar-refractivity contribution is 8.19. The van der Waals surface area contributed by atoms with E-state index in [1.54, 1.807) is 54.6 Å². The highest BCUT2D eigenvalue weighted by atomic mass is 35.5. The molecule has 4 rings (SSSR count). The number of anilines is 1. The lowest BCUT2D eigenvalue weighted by molar-refractivity contribution is -0.113. The van der Waals surface area contributed by atoms with Crippen molar-refractivity contribution in [3.05, 3.63) is 80.3 Å². The van der Waals surface area contributed by atoms with Gasteiger partial charge in [-0.05, 0) is 60.3 Å². The van der Waals surface area contributed by atoms with E-state index in [9.17, 15) is 9.59 Å². The van der Waals surface area contributed by atoms with Crippen LogP contribution in [0.5, 0.6) is 0 Å². The van der Waals surface area contributed by atoms with Crippen LogP contribution in [0.15, 0.2) is 63.9 Å². The summed E-state index contributed by atoms with van der Waals surface area (Å²) in [6.45, 7) is 0. The molecule has 2 amide bonds. The van der Waals surface area contributed by atoms with Gasteiger partial charge < -0.3 is 4.42 Å². The topological polar surface area (TPSA) is 50.5 Å². The Balaban J connectivity index is 1.62. The van der Waals surface area contributed by atoms with Crippen molar-refractivity contribution in [2.24, 2.45) is 0 Å². The Kier molecular flexibility index (Phi) is 5.25. The average Bonchev–Trinajstić information content (AvgIpc) is 3.20. The summed E-state index contributed by atoms with van der Waals surface area (Å²) in [6, 6.07) is 15.1. The maximum atomic E-state index is 12.7. The Morgan fingerprint density at radius 2 is 1.71 bits per heavy atom. The van der Waals surface area contributed by atoms with Crippen LogP contribution >= 0.6 is 46.6 Å². The summed E-state index contributed by atoms with van der Waals surface area (Å²) in [6.07, 6.45) is 1.53. The second-order valence-electron chi connectivity index (χ2n) is 5.82. The van der Waals surface area contributed by atoms with E-state index >= 15 is 0 Å². The molecule has 2 aromatic carbocycles. The minimum atomic E-state index is -0.431. The molecular formula is C20H10Cl3NO3S. The number of hydrogen-bond donors (Lipinski definition) is 0. The van der Waals surface area contributed by atoms with Gasteiger partial charge in [0.2, 0.25) is 0 Å². The number of hydrogen-bond acceptors (Lipinski definition) is 4. The van der Waals surface area contributed by atoms with E-state index in [0.717, 1.165) is 16.7 Å². The molecule has 0 aliphatic carbocycles. The molecule has 1 aromatic heterocycles. The van der Waals surface area contributed by atoms with Crippen molar-refractivity contribution in [2.45, 2.75) is 0 Å². The highest BCUT2D eigenvalue weighted by Gasteiger charge is 2.36. The lowest BCUT2D eigenvalue weighted by Gasteiger charge is -2.12. The fourth-order valence-electron chi connectivity index (χ4n) is 2.70. The van der Waals surface area contributed by atoms with E-state index in [-0.39, 0.29) is 4.91 Å². The number of nitrogens with zero attached hydrogens (tertiary/aromatic N) is 1. The van der Waals surface area contributed by atoms with Crippen molar-refractivity contribution in [2.75, 3.05) is 4.90 Å². The number of imide groups is 1. The zero-order valence-corrected chi connectivity index (χ0v) is 17.1. The van der Waals surface area contributed by atoms with Gasteiger partial charge in [0, 0.05) is 21.7 Å². The molecule has 0 unspecified atom stereocenters. The lowest BCUT2D eigenvalue weighted by atomic mass is 10.2. The molecule has 1 fully saturated rings. The van der Waals surface area contributed by atoms with E-state index < -0.39 is 11.1 Å². The third kappa shape index (κ3) is 3.71. The zero-order valence-electron chi connectivity index (χ0n) is 14.0. The van der Waals surface area contributed by atoms with Crippen molar-refractivity contribution in [3.8, 4) is 11.3 Å². The van der Waals surface area contributed by atoms with Crippen LogP contribution in [0.25, 0.3) is 17.4 Å². The normalized spacial score (nSPS) is 15.7. The molecule has 0 saturated carbocycles. The first-order valence-corrected chi connectivity index (χ1v) is 9.96. The number of amides is 2. The molecule has 4 nitrogen and oxygen atoms in total. The summed E-state index contributed by atoms with van der Waals surface area (Å²) < 4.78 is 5.78. The number of benzene rings is 2. The van der Waals surface area contributed by atoms with Gasteiger partial charge in [-0.25, -0.2) is 4.90 Å². The molecule has 0 N–H and O–H groups in total. The van der Waals surface area contributed by atoms with Crippen LogP contribution in [0.2, 0.25) is 15.1 Å². The minimum absolute atomic E-state index is 0.257. The van der Waals surface area contributed by atoms with Crippen LogP contribution < -0.4 is 4.90 Å². The van der Waals surface area contributed by atoms with Gasteiger partial charge in [-0.2, -0.15) is 0 Å². The SMILES string of the molecule is O=C1S/C(=C/c2ccc(-c3ccc(Cl)cc3Cl)o2)C(=O)N1c1cccc(Cl)c1. The van der Waals surface area contributed by atoms with Crippen molar-refractivity contribution < 1.29 is 14.0 Å². The molecular weight excluding hydrogens is 441 g/mol. The van der Waals surface area contributed by atoms with E-state index in [4.69, 9.17) is 39.2 Å². The predicted molar refractivity (Wildman–Crippen MR) is 114 cm³/mol. The highest BCUT2D eigenvalue weighted by Crippen LogP contribution is 2.37. The molecule has 1 aliphatic heterocycles. The molecule has 0 radical (unpaired) electrons. The van der Waals surface area contributed by atoms with Crippen LogP contribution in [-0.4, -0.2) is 11.1 Å². The largest absolute Gasteiger partial charge is 0.457 e. The fraction of sp³-hybridized carbons (Fsp3) is 0. The standard InChI is InChI=1S/C20H10Cl3NO3S/c21-11-2-1-3-13(8-11)24-19(25)18(28-20(24)26)10-14-5-7-17(27-14)15-6-4-12(22)9-16(15)23/h1-10H/b18-10+. The Morgan fingerprint density at radius 1 is 0.929 bits per heavy atom. The van der Waals surface area contributed by atoms with Gasteiger partial charge in [-0.15, -0.1) is 0 Å². The number of furan rings is 1. The Hall–Kier alpha value is -2.18. The van der Waals surface area contributed by atoms with Crippen molar-refractivity contribution in [1.82, 2.24) is 0 Å². The van der Waals surface area contributed by atoms with E-state index in [2.05, 4.69) is 0 Å². The number of carbonyl (C=O) groups is 2. The Labute approximate surface area is 179 Å². The molecule has 140 valence electrons. The molecule has 0 atom stereocenters. The van der Waals surface area contributed by atoms with Gasteiger partial charge in [0.25, 0.3) is 11.1 Å². The Morgan fingerprint density at radius 3 is 2.46 bits per heavy atom. The predicted octanol–water partition coefficient (Wildman–Crippen LogP) is 7.15. The van der Waals surface area contributed by atoms with E-state index in [1.807, 2.05) is 0 Å². The summed E-state index contributed by atoms with van der Waals surface area (Å²) in [5.74, 6) is 0.527. The number of carbonyl (C=O) groups excluding carboxylic acids is 2. The van der Waals surface area contributed by atoms with Crippen LogP contribution in [-0.2, 0) is 4.79 Å². The van der Waals surface area contributed by atoms with E-state index in [1.165, 1.54) is 6.08 Å². The number of rotatable bonds is 3. The van der Waals surface area contributed by atoms with Crippen LogP contribution in [0.1, 0.15) is 5.76 Å². The molecule has 2 heterocycles. The quantitative estimate of drug-likeness (QED) is 0.398. The maximum absolute atomic E-state index is 12.7. The summed E-state index contributed by atoms with van der Waals surface area (Å²) in [5.41, 5.74) is 1.10. The molecule has 3 aromatic rings. The lowest BCUT2D eigenvalue weighted by Crippen LogP contribution is -2.27. The number of thioether (sulfide) groups is 1. The van der Waals surface area contributed by atoms with Crippen LogP contribution in [0, 0.1) is 0 Å². The van der Waals surface area contributed by atoms with Crippen molar-refractivity contribution in [3.63, 3.8) is 0 Å². The summed E-state index contributed by atoms with van der Waals surface area (Å²) >= 11 is 18.9. The van der Waals surface area contributed by atoms with Crippen molar-refractivity contribution >= 4 is 69.5 Å². The van der Waals surface area contributed by atoms with Crippen LogP contribution in [0.4, 0.5) is 10.5 Å². The summed E-state index contributed by atoms with van der Waals surface area (Å²) in [5, 5.41) is 1.02. The third-order valence-electron chi connectivity index (χ3n) is 3.96. The Bertz CT molecular complexity index is 1140. The molecule has 1 saturated heterocycles. The van der Waals surface area contributed by atoms with Gasteiger partial charge in [0.05, 0.1) is 15.6 Å². The molecule has 8 heteroatoms. The zero-order chi connectivity index (χ0) is 19.8. The molecule has 0 spiro atoms. The first kappa shape index (κ1) is 19.2. The molecule has 0 bridgehead atoms. The van der Waals surface area contributed by atoms with Gasteiger partial charge in [0.15, 0.2) is 0 Å². The first-order chi connectivity index (χ1) is 13.4. The molecule has 28 heavy (non-hydrogen) atoms. The fourth-order valence-corrected chi connectivity index (χ4v) is 4.21. The smallest absolute Gasteiger partial charge is 0.298 e. The minimum Gasteiger partial charge on any atom is -0.457 e. The van der Waals surface area contributed by atoms with Gasteiger partial charge >= 0.3 is 0 Å². The maximum Gasteiger partial charge on any atom is 0.298 e. The monoisotopic (exact) mass is 449 g/mol. The summed E-state index contributed by atoms with van der Waals surface area (Å²) in [4.78, 5) is 26.4. The van der Waals surface area contributed by atoms with Crippen molar-refractivity contribution in [1.29, 1.82) is 0 Å². The second-order valence-corrected chi connectivity index (χ2v) is 8.10. The number of halogens is 3. The summed E-state index contributed by atoms with van der Waals surface area (Å²) in [7, 11) is 0. The first-order valence-electron chi connectivity index (χ1n) is 8.01. The van der Waals surface area contributed by atoms with Crippen LogP contribution in [0.3, 0.4) is 0 Å².